The minimum Gasteiger partial charge on any atom is -0.396 e. The molecule has 1 aromatic carbocycles. The van der Waals surface area contributed by atoms with Crippen molar-refractivity contribution in [3.63, 3.8) is 0 Å². The highest BCUT2D eigenvalue weighted by molar-refractivity contribution is 7.91. The summed E-state index contributed by atoms with van der Waals surface area (Å²) in [7, 11) is -2.96. The summed E-state index contributed by atoms with van der Waals surface area (Å²) in [5.74, 6) is 0.201. The van der Waals surface area contributed by atoms with Crippen LogP contribution in [-0.4, -0.2) is 54.5 Å². The fourth-order valence-electron chi connectivity index (χ4n) is 5.39. The Labute approximate surface area is 155 Å². The van der Waals surface area contributed by atoms with E-state index in [2.05, 4.69) is 12.1 Å². The lowest BCUT2D eigenvalue weighted by atomic mass is 9.70. The normalized spacial score (nSPS) is 33.5. The predicted octanol–water partition coefficient (Wildman–Crippen LogP) is 1.80. The Hall–Kier alpha value is -1.40. The van der Waals surface area contributed by atoms with Gasteiger partial charge in [-0.3, -0.25) is 4.79 Å². The SMILES string of the molecule is O=C(C1CCS(=O)(=O)CC1)N1[C@@H]2CC[C@H]1[C@](CO)(Cc1ccccc1)C2. The zero-order chi connectivity index (χ0) is 18.4. The lowest BCUT2D eigenvalue weighted by Gasteiger charge is -2.37. The molecule has 0 spiro atoms. The van der Waals surface area contributed by atoms with E-state index < -0.39 is 9.84 Å². The van der Waals surface area contributed by atoms with Crippen LogP contribution >= 0.6 is 0 Å². The van der Waals surface area contributed by atoms with E-state index in [9.17, 15) is 18.3 Å². The van der Waals surface area contributed by atoms with Gasteiger partial charge in [0.1, 0.15) is 9.84 Å². The second-order valence-corrected chi connectivity index (χ2v) is 10.6. The van der Waals surface area contributed by atoms with E-state index in [0.29, 0.717) is 12.8 Å². The average Bonchev–Trinajstić information content (AvgIpc) is 3.18. The van der Waals surface area contributed by atoms with E-state index in [1.165, 1.54) is 5.56 Å². The number of nitrogens with zero attached hydrogens (tertiary/aromatic N) is 1. The maximum atomic E-state index is 13.2. The quantitative estimate of drug-likeness (QED) is 0.868. The lowest BCUT2D eigenvalue weighted by Crippen LogP contribution is -2.46. The van der Waals surface area contributed by atoms with Gasteiger partial charge in [0.25, 0.3) is 0 Å². The van der Waals surface area contributed by atoms with Crippen LogP contribution < -0.4 is 0 Å². The first kappa shape index (κ1) is 18.0. The number of hydrogen-bond donors (Lipinski definition) is 1. The summed E-state index contributed by atoms with van der Waals surface area (Å²) in [4.78, 5) is 15.2. The average molecular weight is 378 g/mol. The van der Waals surface area contributed by atoms with Crippen LogP contribution in [-0.2, 0) is 21.1 Å². The molecular formula is C20H27NO4S. The van der Waals surface area contributed by atoms with E-state index in [1.807, 2.05) is 23.1 Å². The summed E-state index contributed by atoms with van der Waals surface area (Å²) < 4.78 is 23.4. The standard InChI is InChI=1S/C20H27NO4S/c22-14-20(12-15-4-2-1-3-5-15)13-17-6-7-18(20)21(17)19(23)16-8-10-26(24,25)11-9-16/h1-5,16-18,22H,6-14H2/t17-,18+,20-/m1/s1. The van der Waals surface area contributed by atoms with E-state index >= 15 is 0 Å². The van der Waals surface area contributed by atoms with Crippen LogP contribution in [0.15, 0.2) is 30.3 Å². The van der Waals surface area contributed by atoms with Crippen molar-refractivity contribution >= 4 is 15.7 Å². The number of hydrogen-bond acceptors (Lipinski definition) is 4. The van der Waals surface area contributed by atoms with Crippen molar-refractivity contribution in [3.8, 4) is 0 Å². The third-order valence-electron chi connectivity index (χ3n) is 6.72. The highest BCUT2D eigenvalue weighted by Crippen LogP contribution is 2.52. The molecule has 142 valence electrons. The first-order valence-electron chi connectivity index (χ1n) is 9.61. The fourth-order valence-corrected chi connectivity index (χ4v) is 6.88. The van der Waals surface area contributed by atoms with Gasteiger partial charge in [0, 0.05) is 23.4 Å². The molecule has 6 heteroatoms. The maximum Gasteiger partial charge on any atom is 0.226 e. The van der Waals surface area contributed by atoms with Gasteiger partial charge in [0.05, 0.1) is 18.1 Å². The van der Waals surface area contributed by atoms with Gasteiger partial charge in [0.15, 0.2) is 0 Å². The Morgan fingerprint density at radius 3 is 2.46 bits per heavy atom. The van der Waals surface area contributed by atoms with Crippen molar-refractivity contribution in [2.75, 3.05) is 18.1 Å². The summed E-state index contributed by atoms with van der Waals surface area (Å²) in [5, 5.41) is 10.3. The molecule has 3 saturated heterocycles. The first-order valence-corrected chi connectivity index (χ1v) is 11.4. The van der Waals surface area contributed by atoms with Crippen molar-refractivity contribution in [2.24, 2.45) is 11.3 Å². The molecule has 4 rings (SSSR count). The smallest absolute Gasteiger partial charge is 0.226 e. The minimum absolute atomic E-state index is 0.0729. The van der Waals surface area contributed by atoms with Crippen molar-refractivity contribution in [3.05, 3.63) is 35.9 Å². The zero-order valence-corrected chi connectivity index (χ0v) is 15.8. The van der Waals surface area contributed by atoms with Gasteiger partial charge < -0.3 is 10.0 Å². The number of fused-ring (bicyclic) bond motifs is 2. The van der Waals surface area contributed by atoms with Crippen molar-refractivity contribution in [2.45, 2.75) is 50.6 Å². The molecule has 0 saturated carbocycles. The van der Waals surface area contributed by atoms with Gasteiger partial charge in [-0.2, -0.15) is 0 Å². The number of aliphatic hydroxyl groups excluding tert-OH is 1. The van der Waals surface area contributed by atoms with Crippen LogP contribution in [0, 0.1) is 11.3 Å². The number of rotatable bonds is 4. The lowest BCUT2D eigenvalue weighted by molar-refractivity contribution is -0.138. The minimum atomic E-state index is -2.96. The third kappa shape index (κ3) is 3.07. The van der Waals surface area contributed by atoms with Gasteiger partial charge >= 0.3 is 0 Å². The Bertz CT molecular complexity index is 764. The molecule has 3 heterocycles. The van der Waals surface area contributed by atoms with E-state index in [1.54, 1.807) is 0 Å². The van der Waals surface area contributed by atoms with E-state index in [4.69, 9.17) is 0 Å². The molecule has 0 unspecified atom stereocenters. The summed E-state index contributed by atoms with van der Waals surface area (Å²) >= 11 is 0. The molecule has 5 nitrogen and oxygen atoms in total. The van der Waals surface area contributed by atoms with Crippen LogP contribution in [0.5, 0.6) is 0 Å². The summed E-state index contributed by atoms with van der Waals surface area (Å²) in [6.45, 7) is 0.0892. The highest BCUT2D eigenvalue weighted by atomic mass is 32.2. The van der Waals surface area contributed by atoms with Gasteiger partial charge in [0.2, 0.25) is 5.91 Å². The van der Waals surface area contributed by atoms with Crippen LogP contribution in [0.1, 0.15) is 37.7 Å². The highest BCUT2D eigenvalue weighted by Gasteiger charge is 2.57. The summed E-state index contributed by atoms with van der Waals surface area (Å²) in [6, 6.07) is 10.5. The van der Waals surface area contributed by atoms with Crippen LogP contribution in [0.25, 0.3) is 0 Å². The van der Waals surface area contributed by atoms with Gasteiger partial charge in [-0.15, -0.1) is 0 Å². The van der Waals surface area contributed by atoms with Crippen molar-refractivity contribution < 1.29 is 18.3 Å². The van der Waals surface area contributed by atoms with Crippen molar-refractivity contribution in [1.29, 1.82) is 0 Å². The third-order valence-corrected chi connectivity index (χ3v) is 8.44. The molecular weight excluding hydrogens is 350 g/mol. The monoisotopic (exact) mass is 377 g/mol. The van der Waals surface area contributed by atoms with Crippen LogP contribution in [0.4, 0.5) is 0 Å². The number of carbonyl (C=O) groups excluding carboxylic acids is 1. The number of aliphatic hydroxyl groups is 1. The molecule has 0 aromatic heterocycles. The molecule has 26 heavy (non-hydrogen) atoms. The number of sulfone groups is 1. The second kappa shape index (κ2) is 6.64. The number of amides is 1. The molecule has 3 aliphatic heterocycles. The molecule has 0 radical (unpaired) electrons. The number of benzene rings is 1. The predicted molar refractivity (Wildman–Crippen MR) is 99.3 cm³/mol. The van der Waals surface area contributed by atoms with E-state index in [0.717, 1.165) is 25.7 Å². The maximum absolute atomic E-state index is 13.2. The molecule has 3 aliphatic rings. The van der Waals surface area contributed by atoms with Crippen LogP contribution in [0.2, 0.25) is 0 Å². The Balaban J connectivity index is 1.53. The molecule has 1 amide bonds. The van der Waals surface area contributed by atoms with Gasteiger partial charge in [-0.25, -0.2) is 8.42 Å². The molecule has 1 aromatic rings. The Morgan fingerprint density at radius 2 is 1.81 bits per heavy atom. The van der Waals surface area contributed by atoms with Gasteiger partial charge in [-0.1, -0.05) is 30.3 Å². The Kier molecular flexibility index (Phi) is 4.59. The van der Waals surface area contributed by atoms with E-state index in [-0.39, 0.29) is 47.4 Å². The molecule has 3 fully saturated rings. The molecule has 2 bridgehead atoms. The molecule has 0 aliphatic carbocycles. The Morgan fingerprint density at radius 1 is 1.12 bits per heavy atom. The fraction of sp³-hybridized carbons (Fsp3) is 0.650. The summed E-state index contributed by atoms with van der Waals surface area (Å²) in [5.41, 5.74) is 0.936. The topological polar surface area (TPSA) is 74.7 Å². The first-order chi connectivity index (χ1) is 12.4. The van der Waals surface area contributed by atoms with Gasteiger partial charge in [-0.05, 0) is 44.1 Å². The zero-order valence-electron chi connectivity index (χ0n) is 15.0. The largest absolute Gasteiger partial charge is 0.396 e. The summed E-state index contributed by atoms with van der Waals surface area (Å²) in [6.07, 6.45) is 4.46. The number of carbonyl (C=O) groups is 1. The molecule has 1 N–H and O–H groups in total. The van der Waals surface area contributed by atoms with Crippen LogP contribution in [0.3, 0.4) is 0 Å². The van der Waals surface area contributed by atoms with Crippen molar-refractivity contribution in [1.82, 2.24) is 4.90 Å². The second-order valence-electron chi connectivity index (χ2n) is 8.31. The molecule has 3 atom stereocenters.